The van der Waals surface area contributed by atoms with E-state index in [0.29, 0.717) is 12.3 Å². The van der Waals surface area contributed by atoms with Gasteiger partial charge in [0.1, 0.15) is 0 Å². The molecule has 1 heterocycles. The van der Waals surface area contributed by atoms with Gasteiger partial charge in [0.15, 0.2) is 11.5 Å². The Labute approximate surface area is 205 Å². The normalized spacial score (nSPS) is 22.5. The summed E-state index contributed by atoms with van der Waals surface area (Å²) in [6.07, 6.45) is 8.64. The molecule has 0 bridgehead atoms. The Balaban J connectivity index is 1.47. The minimum Gasteiger partial charge on any atom is -0.493 e. The van der Waals surface area contributed by atoms with Crippen LogP contribution in [0.2, 0.25) is 0 Å². The number of hydrogen-bond acceptors (Lipinski definition) is 5. The van der Waals surface area contributed by atoms with Crippen molar-refractivity contribution in [3.8, 4) is 11.5 Å². The average Bonchev–Trinajstić information content (AvgIpc) is 3.39. The van der Waals surface area contributed by atoms with Crippen molar-refractivity contribution in [2.45, 2.75) is 64.0 Å². The van der Waals surface area contributed by atoms with E-state index in [2.05, 4.69) is 0 Å². The predicted octanol–water partition coefficient (Wildman–Crippen LogP) is 5.27. The van der Waals surface area contributed by atoms with Gasteiger partial charge in [0.05, 0.1) is 31.0 Å². The highest BCUT2D eigenvalue weighted by Gasteiger charge is 2.41. The number of fused-ring (bicyclic) bond motifs is 1. The number of aromatic carboxylic acids is 1. The van der Waals surface area contributed by atoms with Crippen molar-refractivity contribution >= 4 is 17.6 Å². The fraction of sp³-hybridized carbons (Fsp3) is 0.464. The van der Waals surface area contributed by atoms with Gasteiger partial charge in [-0.05, 0) is 74.4 Å². The van der Waals surface area contributed by atoms with Gasteiger partial charge in [0, 0.05) is 17.4 Å². The van der Waals surface area contributed by atoms with Gasteiger partial charge in [0.2, 0.25) is 5.91 Å². The van der Waals surface area contributed by atoms with Crippen molar-refractivity contribution in [3.05, 3.63) is 59.2 Å². The summed E-state index contributed by atoms with van der Waals surface area (Å²) in [5, 5.41) is 15.6. The molecule has 0 radical (unpaired) electrons. The fourth-order valence-corrected chi connectivity index (χ4v) is 5.62. The predicted molar refractivity (Wildman–Crippen MR) is 132 cm³/mol. The number of benzene rings is 2. The van der Waals surface area contributed by atoms with Gasteiger partial charge in [-0.1, -0.05) is 25.0 Å². The third-order valence-corrected chi connectivity index (χ3v) is 7.51. The quantitative estimate of drug-likeness (QED) is 0.588. The number of ether oxygens (including phenoxy) is 2. The molecule has 2 fully saturated rings. The fourth-order valence-electron chi connectivity index (χ4n) is 5.62. The van der Waals surface area contributed by atoms with E-state index in [4.69, 9.17) is 14.6 Å². The number of hydrogen-bond donors (Lipinski definition) is 1. The highest BCUT2D eigenvalue weighted by Crippen LogP contribution is 2.40. The number of carbonyl (C=O) groups excluding carboxylic acids is 1. The molecule has 1 amide bonds. The van der Waals surface area contributed by atoms with E-state index in [0.717, 1.165) is 61.1 Å². The van der Waals surface area contributed by atoms with E-state index in [1.54, 1.807) is 36.4 Å². The summed E-state index contributed by atoms with van der Waals surface area (Å²) in [5.74, 6) is 0.539. The van der Waals surface area contributed by atoms with Crippen LogP contribution in [0.3, 0.4) is 0 Å². The first kappa shape index (κ1) is 23.4. The number of carboxylic acid groups (broad SMARTS) is 1. The molecule has 7 heteroatoms. The SMILES string of the molecule is COc1ccc(C2=NN(Cc3ccc(C(=O)O)cc3)C(=O)[C@H]3CCCC[C@@H]23)cc1OC1CCCC1. The van der Waals surface area contributed by atoms with Crippen LogP contribution < -0.4 is 9.47 Å². The van der Waals surface area contributed by atoms with Crippen LogP contribution in [0, 0.1) is 11.8 Å². The lowest BCUT2D eigenvalue weighted by Crippen LogP contribution is -2.45. The van der Waals surface area contributed by atoms with Crippen LogP contribution in [-0.4, -0.2) is 40.9 Å². The first-order valence-corrected chi connectivity index (χ1v) is 12.6. The summed E-state index contributed by atoms with van der Waals surface area (Å²) in [7, 11) is 1.65. The van der Waals surface area contributed by atoms with Gasteiger partial charge in [0.25, 0.3) is 0 Å². The Morgan fingerprint density at radius 1 is 0.971 bits per heavy atom. The van der Waals surface area contributed by atoms with Crippen LogP contribution in [-0.2, 0) is 11.3 Å². The van der Waals surface area contributed by atoms with Crippen molar-refractivity contribution < 1.29 is 24.2 Å². The summed E-state index contributed by atoms with van der Waals surface area (Å²) >= 11 is 0. The average molecular weight is 477 g/mol. The maximum atomic E-state index is 13.4. The molecule has 184 valence electrons. The molecule has 2 aliphatic carbocycles. The molecule has 2 atom stereocenters. The van der Waals surface area contributed by atoms with Crippen LogP contribution >= 0.6 is 0 Å². The van der Waals surface area contributed by atoms with Gasteiger partial charge >= 0.3 is 5.97 Å². The van der Waals surface area contributed by atoms with Crippen LogP contribution in [0.25, 0.3) is 0 Å². The maximum absolute atomic E-state index is 13.4. The smallest absolute Gasteiger partial charge is 0.335 e. The highest BCUT2D eigenvalue weighted by atomic mass is 16.5. The minimum absolute atomic E-state index is 0.0525. The topological polar surface area (TPSA) is 88.4 Å². The first-order valence-electron chi connectivity index (χ1n) is 12.6. The van der Waals surface area contributed by atoms with Gasteiger partial charge in [-0.15, -0.1) is 0 Å². The third-order valence-electron chi connectivity index (χ3n) is 7.51. The zero-order chi connectivity index (χ0) is 24.4. The van der Waals surface area contributed by atoms with Crippen molar-refractivity contribution in [2.24, 2.45) is 16.9 Å². The Hall–Kier alpha value is -3.35. The van der Waals surface area contributed by atoms with E-state index in [9.17, 15) is 14.7 Å². The number of carbonyl (C=O) groups is 2. The van der Waals surface area contributed by atoms with Gasteiger partial charge < -0.3 is 14.6 Å². The summed E-state index contributed by atoms with van der Waals surface area (Å²) in [4.78, 5) is 24.6. The largest absolute Gasteiger partial charge is 0.493 e. The monoisotopic (exact) mass is 476 g/mol. The Morgan fingerprint density at radius 2 is 1.66 bits per heavy atom. The lowest BCUT2D eigenvalue weighted by Gasteiger charge is -2.38. The number of hydrazone groups is 1. The first-order chi connectivity index (χ1) is 17.0. The minimum atomic E-state index is -0.967. The van der Waals surface area contributed by atoms with E-state index in [-0.39, 0.29) is 29.4 Å². The lowest BCUT2D eigenvalue weighted by atomic mass is 9.73. The molecule has 7 nitrogen and oxygen atoms in total. The van der Waals surface area contributed by atoms with Crippen LogP contribution in [0.1, 0.15) is 72.9 Å². The third kappa shape index (κ3) is 4.90. The molecule has 0 spiro atoms. The maximum Gasteiger partial charge on any atom is 0.335 e. The van der Waals surface area contributed by atoms with E-state index >= 15 is 0 Å². The van der Waals surface area contributed by atoms with Gasteiger partial charge in [-0.2, -0.15) is 5.10 Å². The zero-order valence-corrected chi connectivity index (χ0v) is 20.1. The standard InChI is InChI=1S/C28H32N2O5/c1-34-24-15-14-20(16-25(24)35-21-6-2-3-7-21)26-22-8-4-5-9-23(22)27(31)30(29-26)17-18-10-12-19(13-11-18)28(32)33/h10-16,21-23H,2-9,17H2,1H3,(H,32,33)/t22-,23+/m1/s1. The number of nitrogens with zero attached hydrogens (tertiary/aromatic N) is 2. The molecule has 1 N–H and O–H groups in total. The highest BCUT2D eigenvalue weighted by molar-refractivity contribution is 6.07. The molecule has 3 aliphatic rings. The van der Waals surface area contributed by atoms with Crippen molar-refractivity contribution in [2.75, 3.05) is 7.11 Å². The summed E-state index contributed by atoms with van der Waals surface area (Å²) in [6, 6.07) is 12.6. The van der Waals surface area contributed by atoms with E-state index in [1.165, 1.54) is 12.8 Å². The molecular weight excluding hydrogens is 444 g/mol. The summed E-state index contributed by atoms with van der Waals surface area (Å²) in [6.45, 7) is 0.313. The Kier molecular flexibility index (Phi) is 6.75. The molecule has 5 rings (SSSR count). The van der Waals surface area contributed by atoms with Crippen LogP contribution in [0.5, 0.6) is 11.5 Å². The Bertz CT molecular complexity index is 1120. The number of amides is 1. The number of methoxy groups -OCH3 is 1. The molecule has 35 heavy (non-hydrogen) atoms. The summed E-state index contributed by atoms with van der Waals surface area (Å²) < 4.78 is 11.9. The Morgan fingerprint density at radius 3 is 2.34 bits per heavy atom. The van der Waals surface area contributed by atoms with Crippen molar-refractivity contribution in [1.82, 2.24) is 5.01 Å². The second kappa shape index (κ2) is 10.1. The lowest BCUT2D eigenvalue weighted by molar-refractivity contribution is -0.139. The molecular formula is C28H32N2O5. The van der Waals surface area contributed by atoms with Crippen molar-refractivity contribution in [3.63, 3.8) is 0 Å². The molecule has 0 saturated heterocycles. The van der Waals surface area contributed by atoms with Gasteiger partial charge in [-0.25, -0.2) is 9.80 Å². The molecule has 0 unspecified atom stereocenters. The second-order valence-electron chi connectivity index (χ2n) is 9.77. The van der Waals surface area contributed by atoms with E-state index < -0.39 is 5.97 Å². The number of carboxylic acids is 1. The molecule has 2 aromatic rings. The molecule has 2 saturated carbocycles. The summed E-state index contributed by atoms with van der Waals surface area (Å²) in [5.41, 5.74) is 2.97. The van der Waals surface area contributed by atoms with Gasteiger partial charge in [-0.3, -0.25) is 4.79 Å². The zero-order valence-electron chi connectivity index (χ0n) is 20.1. The number of rotatable bonds is 7. The van der Waals surface area contributed by atoms with Crippen LogP contribution in [0.15, 0.2) is 47.6 Å². The van der Waals surface area contributed by atoms with Crippen LogP contribution in [0.4, 0.5) is 0 Å². The second-order valence-corrected chi connectivity index (χ2v) is 9.77. The molecule has 1 aliphatic heterocycles. The van der Waals surface area contributed by atoms with E-state index in [1.807, 2.05) is 18.2 Å². The van der Waals surface area contributed by atoms with Crippen molar-refractivity contribution in [1.29, 1.82) is 0 Å². The molecule has 0 aromatic heterocycles. The molecule has 2 aromatic carbocycles.